The molecule has 0 atom stereocenters. The largest absolute Gasteiger partial charge is 0.345 e. The minimum Gasteiger partial charge on any atom is -0.345 e. The topological polar surface area (TPSA) is 85.8 Å². The van der Waals surface area contributed by atoms with E-state index in [-0.39, 0.29) is 12.5 Å². The molecule has 0 aliphatic heterocycles. The summed E-state index contributed by atoms with van der Waals surface area (Å²) in [4.78, 5) is 21.2. The normalized spacial score (nSPS) is 13.9. The van der Waals surface area contributed by atoms with Crippen LogP contribution in [-0.4, -0.2) is 25.6 Å². The van der Waals surface area contributed by atoms with E-state index in [2.05, 4.69) is 20.4 Å². The molecule has 2 heterocycles. The van der Waals surface area contributed by atoms with Gasteiger partial charge >= 0.3 is 0 Å². The first-order valence-corrected chi connectivity index (χ1v) is 7.90. The van der Waals surface area contributed by atoms with E-state index < -0.39 is 0 Å². The van der Waals surface area contributed by atoms with Crippen molar-refractivity contribution < 1.29 is 9.32 Å². The third kappa shape index (κ3) is 2.80. The Morgan fingerprint density at radius 3 is 2.96 bits per heavy atom. The van der Waals surface area contributed by atoms with E-state index in [1.54, 1.807) is 12.3 Å². The summed E-state index contributed by atoms with van der Waals surface area (Å²) in [5.74, 6) is 2.14. The summed E-state index contributed by atoms with van der Waals surface area (Å²) in [6.07, 6.45) is 5.77. The molecule has 3 aromatic rings. The fourth-order valence-corrected chi connectivity index (χ4v) is 2.59. The number of hydrogen-bond donors (Lipinski definition) is 1. The average Bonchev–Trinajstić information content (AvgIpc) is 3.19. The van der Waals surface area contributed by atoms with Gasteiger partial charge in [-0.15, -0.1) is 0 Å². The van der Waals surface area contributed by atoms with Crippen molar-refractivity contribution in [1.82, 2.24) is 25.0 Å². The Kier molecular flexibility index (Phi) is 3.60. The van der Waals surface area contributed by atoms with Gasteiger partial charge in [-0.3, -0.25) is 4.79 Å². The molecule has 2 aromatic heterocycles. The lowest BCUT2D eigenvalue weighted by molar-refractivity contribution is 0.0950. The Labute approximate surface area is 138 Å². The number of hydrogen-bond acceptors (Lipinski definition) is 5. The zero-order valence-electron chi connectivity index (χ0n) is 13.3. The number of imidazole rings is 1. The molecule has 1 N–H and O–H groups in total. The molecule has 0 spiro atoms. The van der Waals surface area contributed by atoms with Crippen LogP contribution in [0, 0.1) is 0 Å². The maximum atomic E-state index is 12.6. The molecule has 1 aliphatic carbocycles. The summed E-state index contributed by atoms with van der Waals surface area (Å²) in [6.45, 7) is 0.240. The molecular weight excluding hydrogens is 306 g/mol. The average molecular weight is 323 g/mol. The van der Waals surface area contributed by atoms with Gasteiger partial charge in [-0.05, 0) is 18.9 Å². The van der Waals surface area contributed by atoms with Crippen LogP contribution in [0.25, 0.3) is 11.4 Å². The number of carbonyl (C=O) groups excluding carboxylic acids is 1. The first-order valence-electron chi connectivity index (χ1n) is 7.90. The van der Waals surface area contributed by atoms with E-state index in [0.717, 1.165) is 24.2 Å². The molecule has 1 amide bonds. The quantitative estimate of drug-likeness (QED) is 0.778. The molecule has 0 unspecified atom stereocenters. The Morgan fingerprint density at radius 2 is 2.21 bits per heavy atom. The molecule has 0 saturated heterocycles. The molecule has 1 aliphatic rings. The molecule has 0 radical (unpaired) electrons. The van der Waals surface area contributed by atoms with Gasteiger partial charge in [0, 0.05) is 30.9 Å². The van der Waals surface area contributed by atoms with Gasteiger partial charge in [0.05, 0.1) is 12.1 Å². The number of aryl methyl sites for hydroxylation is 1. The summed E-state index contributed by atoms with van der Waals surface area (Å²) < 4.78 is 7.08. The van der Waals surface area contributed by atoms with E-state index >= 15 is 0 Å². The minimum absolute atomic E-state index is 0.189. The molecule has 7 nitrogen and oxygen atoms in total. The molecule has 4 rings (SSSR count). The monoisotopic (exact) mass is 323 g/mol. The van der Waals surface area contributed by atoms with Crippen LogP contribution in [0.15, 0.2) is 41.2 Å². The molecule has 1 aromatic carbocycles. The highest BCUT2D eigenvalue weighted by atomic mass is 16.5. The Bertz CT molecular complexity index is 879. The van der Waals surface area contributed by atoms with Gasteiger partial charge in [0.25, 0.3) is 5.91 Å². The van der Waals surface area contributed by atoms with Crippen LogP contribution in [0.5, 0.6) is 0 Å². The predicted octanol–water partition coefficient (Wildman–Crippen LogP) is 2.28. The van der Waals surface area contributed by atoms with Crippen LogP contribution >= 0.6 is 0 Å². The van der Waals surface area contributed by atoms with Gasteiger partial charge in [0.1, 0.15) is 5.82 Å². The van der Waals surface area contributed by atoms with E-state index in [0.29, 0.717) is 23.2 Å². The Balaban J connectivity index is 1.51. The van der Waals surface area contributed by atoms with Crippen molar-refractivity contribution >= 4 is 5.91 Å². The van der Waals surface area contributed by atoms with E-state index in [1.807, 2.05) is 36.0 Å². The summed E-state index contributed by atoms with van der Waals surface area (Å²) >= 11 is 0. The van der Waals surface area contributed by atoms with Gasteiger partial charge < -0.3 is 14.4 Å². The van der Waals surface area contributed by atoms with Gasteiger partial charge in [-0.2, -0.15) is 4.98 Å². The highest BCUT2D eigenvalue weighted by Gasteiger charge is 2.29. The van der Waals surface area contributed by atoms with Crippen molar-refractivity contribution in [2.45, 2.75) is 25.3 Å². The highest BCUT2D eigenvalue weighted by molar-refractivity contribution is 6.00. The molecule has 1 saturated carbocycles. The smallest absolute Gasteiger partial charge is 0.252 e. The van der Waals surface area contributed by atoms with Crippen LogP contribution in [0.3, 0.4) is 0 Å². The third-order valence-corrected chi connectivity index (χ3v) is 4.05. The summed E-state index contributed by atoms with van der Waals surface area (Å²) in [5.41, 5.74) is 1.35. The number of nitrogens with one attached hydrogen (secondary N) is 1. The van der Waals surface area contributed by atoms with E-state index in [9.17, 15) is 4.79 Å². The van der Waals surface area contributed by atoms with Gasteiger partial charge in [0.2, 0.25) is 5.89 Å². The second-order valence-corrected chi connectivity index (χ2v) is 5.91. The van der Waals surface area contributed by atoms with Crippen LogP contribution in [0.2, 0.25) is 0 Å². The molecule has 0 bridgehead atoms. The second-order valence-electron chi connectivity index (χ2n) is 5.91. The van der Waals surface area contributed by atoms with Crippen LogP contribution < -0.4 is 5.32 Å². The van der Waals surface area contributed by atoms with Crippen LogP contribution in [0.1, 0.15) is 40.8 Å². The van der Waals surface area contributed by atoms with Crippen molar-refractivity contribution in [3.63, 3.8) is 0 Å². The van der Waals surface area contributed by atoms with E-state index in [4.69, 9.17) is 4.52 Å². The third-order valence-electron chi connectivity index (χ3n) is 4.05. The standard InChI is InChI=1S/C17H17N5O2/c1-22-9-8-18-15(22)12-4-2-3-5-13(12)16(23)19-10-14-20-17(24-21-14)11-6-7-11/h2-5,8-9,11H,6-7,10H2,1H3,(H,19,23). The van der Waals surface area contributed by atoms with E-state index in [1.165, 1.54) is 0 Å². The zero-order chi connectivity index (χ0) is 16.5. The predicted molar refractivity (Wildman–Crippen MR) is 86.1 cm³/mol. The summed E-state index contributed by atoms with van der Waals surface area (Å²) in [5, 5.41) is 6.76. The first kappa shape index (κ1) is 14.6. The number of aromatic nitrogens is 4. The highest BCUT2D eigenvalue weighted by Crippen LogP contribution is 2.38. The first-order chi connectivity index (χ1) is 11.7. The lowest BCUT2D eigenvalue weighted by atomic mass is 10.1. The summed E-state index contributed by atoms with van der Waals surface area (Å²) in [6, 6.07) is 7.39. The lowest BCUT2D eigenvalue weighted by Crippen LogP contribution is -2.24. The number of carbonyl (C=O) groups is 1. The number of benzene rings is 1. The number of rotatable bonds is 5. The minimum atomic E-state index is -0.189. The molecule has 1 fully saturated rings. The summed E-state index contributed by atoms with van der Waals surface area (Å²) in [7, 11) is 1.90. The zero-order valence-corrected chi connectivity index (χ0v) is 13.3. The molecular formula is C17H17N5O2. The van der Waals surface area contributed by atoms with Crippen molar-refractivity contribution in [3.05, 3.63) is 53.9 Å². The Morgan fingerprint density at radius 1 is 1.38 bits per heavy atom. The van der Waals surface area contributed by atoms with Crippen molar-refractivity contribution in [2.75, 3.05) is 0 Å². The fraction of sp³-hybridized carbons (Fsp3) is 0.294. The SMILES string of the molecule is Cn1ccnc1-c1ccccc1C(=O)NCc1noc(C2CC2)n1. The maximum Gasteiger partial charge on any atom is 0.252 e. The van der Waals surface area contributed by atoms with Gasteiger partial charge in [-0.25, -0.2) is 4.98 Å². The number of nitrogens with zero attached hydrogens (tertiary/aromatic N) is 4. The Hall–Kier alpha value is -2.96. The molecule has 122 valence electrons. The van der Waals surface area contributed by atoms with Crippen LogP contribution in [-0.2, 0) is 13.6 Å². The number of amides is 1. The maximum absolute atomic E-state index is 12.6. The van der Waals surface area contributed by atoms with Crippen molar-refractivity contribution in [1.29, 1.82) is 0 Å². The van der Waals surface area contributed by atoms with Crippen molar-refractivity contribution in [3.8, 4) is 11.4 Å². The van der Waals surface area contributed by atoms with Gasteiger partial charge in [0.15, 0.2) is 5.82 Å². The lowest BCUT2D eigenvalue weighted by Gasteiger charge is -2.09. The van der Waals surface area contributed by atoms with Crippen LogP contribution in [0.4, 0.5) is 0 Å². The fourth-order valence-electron chi connectivity index (χ4n) is 2.59. The molecule has 24 heavy (non-hydrogen) atoms. The van der Waals surface area contributed by atoms with Crippen molar-refractivity contribution in [2.24, 2.45) is 7.05 Å². The molecule has 7 heteroatoms. The second kappa shape index (κ2) is 5.92. The van der Waals surface area contributed by atoms with Gasteiger partial charge in [-0.1, -0.05) is 23.4 Å².